The Morgan fingerprint density at radius 1 is 0.610 bits per heavy atom. The number of carboxylic acid groups (broad SMARTS) is 1. The molecular formula is C28H30O13. The predicted molar refractivity (Wildman–Crippen MR) is 142 cm³/mol. The molecule has 41 heavy (non-hydrogen) atoms. The van der Waals surface area contributed by atoms with Crippen molar-refractivity contribution in [3.63, 3.8) is 0 Å². The molecule has 220 valence electrons. The summed E-state index contributed by atoms with van der Waals surface area (Å²) in [6.07, 6.45) is 0. The van der Waals surface area contributed by atoms with E-state index in [1.807, 2.05) is 6.07 Å². The smallest absolute Gasteiger partial charge is 0.338 e. The van der Waals surface area contributed by atoms with Crippen LogP contribution in [0.3, 0.4) is 0 Å². The summed E-state index contributed by atoms with van der Waals surface area (Å²) in [6.45, 7) is -2.56. The summed E-state index contributed by atoms with van der Waals surface area (Å²) in [5, 5.41) is 33.2. The van der Waals surface area contributed by atoms with E-state index in [-0.39, 0.29) is 26.4 Å². The molecule has 0 aliphatic carbocycles. The quantitative estimate of drug-likeness (QED) is 0.111. The second kappa shape index (κ2) is 23.0. The topological polar surface area (TPSA) is 211 Å². The van der Waals surface area contributed by atoms with Crippen LogP contribution in [0.4, 0.5) is 0 Å². The van der Waals surface area contributed by atoms with Crippen molar-refractivity contribution in [1.29, 1.82) is 0 Å². The lowest BCUT2D eigenvalue weighted by atomic mass is 10.2. The first-order valence-electron chi connectivity index (χ1n) is 13.4. The van der Waals surface area contributed by atoms with Gasteiger partial charge in [-0.15, -0.1) is 0 Å². The molecule has 0 atom stereocenters. The molecule has 13 heteroatoms. The number of rotatable bonds is 13. The third-order valence-corrected chi connectivity index (χ3v) is 3.79. The first kappa shape index (κ1) is 29.0. The number of hydrogen-bond acceptors (Lipinski definition) is 12. The highest BCUT2D eigenvalue weighted by Crippen LogP contribution is 2.01. The molecule has 2 rings (SSSR count). The largest absolute Gasteiger partial charge is 0.478 e. The first-order chi connectivity index (χ1) is 21.3. The van der Waals surface area contributed by atoms with Crippen LogP contribution in [0.1, 0.15) is 26.2 Å². The Labute approximate surface area is 240 Å². The minimum atomic E-state index is -1.66. The zero-order valence-electron chi connectivity index (χ0n) is 25.5. The molecule has 0 amide bonds. The molecule has 0 aliphatic heterocycles. The molecular weight excluding hydrogens is 544 g/mol. The van der Waals surface area contributed by atoms with Gasteiger partial charge in [0.1, 0.15) is 33.0 Å². The molecule has 0 heterocycles. The van der Waals surface area contributed by atoms with Crippen molar-refractivity contribution in [2.45, 2.75) is 0 Å². The number of carbonyl (C=O) groups excluding carboxylic acids is 5. The van der Waals surface area contributed by atoms with Crippen LogP contribution in [-0.2, 0) is 33.4 Å². The van der Waals surface area contributed by atoms with E-state index in [1.165, 1.54) is 0 Å². The van der Waals surface area contributed by atoms with Crippen molar-refractivity contribution < 1.29 is 68.9 Å². The number of esters is 3. The number of ketones is 2. The van der Waals surface area contributed by atoms with Crippen molar-refractivity contribution in [3.8, 4) is 0 Å². The summed E-state index contributed by atoms with van der Waals surface area (Å²) < 4.78 is 41.9. The van der Waals surface area contributed by atoms with Crippen LogP contribution in [0.25, 0.3) is 0 Å². The average Bonchev–Trinajstić information content (AvgIpc) is 3.07. The Morgan fingerprint density at radius 3 is 1.44 bits per heavy atom. The Hall–Kier alpha value is -4.98. The van der Waals surface area contributed by atoms with Crippen LogP contribution in [0.5, 0.6) is 0 Å². The van der Waals surface area contributed by atoms with Gasteiger partial charge in [-0.1, -0.05) is 36.4 Å². The zero-order valence-corrected chi connectivity index (χ0v) is 21.5. The normalized spacial score (nSPS) is 12.3. The molecule has 13 nitrogen and oxygen atoms in total. The second-order valence-corrected chi connectivity index (χ2v) is 6.83. The number of carboxylic acids is 1. The van der Waals surface area contributed by atoms with Gasteiger partial charge in [-0.3, -0.25) is 9.59 Å². The average molecular weight is 579 g/mol. The van der Waals surface area contributed by atoms with Gasteiger partial charge >= 0.3 is 23.9 Å². The van der Waals surface area contributed by atoms with E-state index >= 15 is 0 Å². The van der Waals surface area contributed by atoms with Crippen LogP contribution in [0.15, 0.2) is 84.9 Å². The molecule has 0 aromatic heterocycles. The van der Waals surface area contributed by atoms with Gasteiger partial charge in [-0.25, -0.2) is 19.2 Å². The van der Waals surface area contributed by atoms with E-state index in [1.54, 1.807) is 54.6 Å². The molecule has 2 aromatic carbocycles. The van der Waals surface area contributed by atoms with E-state index in [9.17, 15) is 28.8 Å². The molecule has 0 saturated heterocycles. The van der Waals surface area contributed by atoms with Gasteiger partial charge in [0.05, 0.1) is 23.2 Å². The molecule has 0 saturated carbocycles. The highest BCUT2D eigenvalue weighted by atomic mass is 16.6. The van der Waals surface area contributed by atoms with Crippen molar-refractivity contribution in [2.24, 2.45) is 0 Å². The summed E-state index contributed by atoms with van der Waals surface area (Å²) in [6, 6.07) is 12.9. The lowest BCUT2D eigenvalue weighted by Gasteiger charge is -2.04. The Bertz CT molecular complexity index is 1360. The molecule has 0 fully saturated rings. The lowest BCUT2D eigenvalue weighted by molar-refractivity contribution is -0.139. The highest BCUT2D eigenvalue weighted by molar-refractivity contribution is 5.96. The van der Waals surface area contributed by atoms with Crippen LogP contribution in [-0.4, -0.2) is 95.5 Å². The third kappa shape index (κ3) is 19.7. The maximum atomic E-state index is 11.5. The van der Waals surface area contributed by atoms with Crippen LogP contribution >= 0.6 is 0 Å². The maximum absolute atomic E-state index is 11.5. The minimum absolute atomic E-state index is 0.0493. The molecule has 2 aromatic rings. The SMILES string of the molecule is O=C(OCCO)c1ccccc1.[2H]/C(C(=O)CO)=C(/[2H])C(=O)OCCOC(=O)c1ccccc1.[2H]/C(C(=O)O)=C(/[2H])C(=O)CO. The molecule has 0 radical (unpaired) electrons. The minimum Gasteiger partial charge on any atom is -0.478 e. The van der Waals surface area contributed by atoms with Gasteiger partial charge < -0.3 is 34.6 Å². The standard InChI is InChI=1S/C14H14O6.C9H10O3.C5H6O4/c15-10-12(16)6-7-13(17)19-8-9-20-14(18)11-4-2-1-3-5-11;10-6-7-12-9(11)8-4-2-1-3-5-8;6-3-4(7)1-2-5(8)9/h1-7,15H,8-10H2;1-5,10H,6-7H2;1-2,6H,3H2,(H,8,9)/b7-6+;;2-1+/i6D,7D;;1D,2D. The van der Waals surface area contributed by atoms with E-state index in [0.29, 0.717) is 11.1 Å². The van der Waals surface area contributed by atoms with Gasteiger partial charge in [0.25, 0.3) is 0 Å². The monoisotopic (exact) mass is 578 g/mol. The fraction of sp³-hybridized carbons (Fsp3) is 0.214. The summed E-state index contributed by atoms with van der Waals surface area (Å²) in [7, 11) is 0. The third-order valence-electron chi connectivity index (χ3n) is 3.79. The van der Waals surface area contributed by atoms with Crippen molar-refractivity contribution in [1.82, 2.24) is 0 Å². The van der Waals surface area contributed by atoms with Gasteiger partial charge in [0.15, 0.2) is 11.6 Å². The first-order valence-corrected chi connectivity index (χ1v) is 11.4. The Balaban J connectivity index is 0.000000710. The number of carbonyl (C=O) groups is 6. The fourth-order valence-corrected chi connectivity index (χ4v) is 2.08. The highest BCUT2D eigenvalue weighted by Gasteiger charge is 2.06. The lowest BCUT2D eigenvalue weighted by Crippen LogP contribution is -2.13. The molecule has 4 N–H and O–H groups in total. The molecule has 0 bridgehead atoms. The molecule has 0 spiro atoms. The molecule has 0 aliphatic rings. The van der Waals surface area contributed by atoms with E-state index in [2.05, 4.69) is 9.47 Å². The fourth-order valence-electron chi connectivity index (χ4n) is 2.08. The van der Waals surface area contributed by atoms with Crippen molar-refractivity contribution >= 4 is 35.4 Å². The predicted octanol–water partition coefficient (Wildman–Crippen LogP) is 0.528. The van der Waals surface area contributed by atoms with Crippen LogP contribution in [0, 0.1) is 0 Å². The number of aliphatic hydroxyl groups excluding tert-OH is 3. The van der Waals surface area contributed by atoms with Gasteiger partial charge in [0.2, 0.25) is 0 Å². The van der Waals surface area contributed by atoms with E-state index < -0.39 is 72.9 Å². The summed E-state index contributed by atoms with van der Waals surface area (Å²) in [5.41, 5.74) is 0.850. The molecule has 0 unspecified atom stereocenters. The van der Waals surface area contributed by atoms with Crippen LogP contribution < -0.4 is 0 Å². The summed E-state index contributed by atoms with van der Waals surface area (Å²) in [4.78, 5) is 65.3. The van der Waals surface area contributed by atoms with Crippen molar-refractivity contribution in [2.75, 3.05) is 39.6 Å². The van der Waals surface area contributed by atoms with E-state index in [0.717, 1.165) is 0 Å². The summed E-state index contributed by atoms with van der Waals surface area (Å²) in [5.74, 6) is -5.98. The maximum Gasteiger partial charge on any atom is 0.338 e. The number of aliphatic carboxylic acids is 1. The zero-order chi connectivity index (χ0) is 34.4. The van der Waals surface area contributed by atoms with Crippen LogP contribution in [0.2, 0.25) is 0 Å². The van der Waals surface area contributed by atoms with Gasteiger partial charge in [-0.05, 0) is 36.4 Å². The second-order valence-electron chi connectivity index (χ2n) is 6.83. The number of hydrogen-bond donors (Lipinski definition) is 4. The number of benzene rings is 2. The van der Waals surface area contributed by atoms with Gasteiger partial charge in [-0.2, -0.15) is 0 Å². The Morgan fingerprint density at radius 2 is 1.02 bits per heavy atom. The Kier molecular flexibility index (Phi) is 16.2. The van der Waals surface area contributed by atoms with E-state index in [4.69, 9.17) is 30.6 Å². The summed E-state index contributed by atoms with van der Waals surface area (Å²) >= 11 is 0. The van der Waals surface area contributed by atoms with Gasteiger partial charge in [0, 0.05) is 12.1 Å². The van der Waals surface area contributed by atoms with Crippen molar-refractivity contribution in [3.05, 3.63) is 96.0 Å². The number of ether oxygens (including phenoxy) is 3. The number of aliphatic hydroxyl groups is 3.